The molecule has 86 valence electrons. The standard InChI is InChI=1S/C10H17NO3S/c12-7-5-11(6-8(7)13)10(14)9-3-1-2-4-15-9/h7-9,12-13H,1-6H2. The highest BCUT2D eigenvalue weighted by Crippen LogP contribution is 2.27. The Labute approximate surface area is 93.6 Å². The number of thioether (sulfide) groups is 1. The van der Waals surface area contributed by atoms with Crippen molar-refractivity contribution in [3.63, 3.8) is 0 Å². The van der Waals surface area contributed by atoms with Crippen molar-refractivity contribution < 1.29 is 15.0 Å². The van der Waals surface area contributed by atoms with Crippen molar-refractivity contribution in [3.8, 4) is 0 Å². The molecule has 2 rings (SSSR count). The highest BCUT2D eigenvalue weighted by Gasteiger charge is 2.35. The van der Waals surface area contributed by atoms with E-state index >= 15 is 0 Å². The van der Waals surface area contributed by atoms with Gasteiger partial charge in [0.2, 0.25) is 5.91 Å². The van der Waals surface area contributed by atoms with Gasteiger partial charge in [-0.05, 0) is 18.6 Å². The number of aliphatic hydroxyl groups excluding tert-OH is 2. The van der Waals surface area contributed by atoms with Gasteiger partial charge in [0.15, 0.2) is 0 Å². The molecular formula is C10H17NO3S. The van der Waals surface area contributed by atoms with Crippen LogP contribution in [0.15, 0.2) is 0 Å². The molecule has 0 aliphatic carbocycles. The van der Waals surface area contributed by atoms with E-state index in [4.69, 9.17) is 0 Å². The van der Waals surface area contributed by atoms with E-state index < -0.39 is 12.2 Å². The Morgan fingerprint density at radius 1 is 1.20 bits per heavy atom. The Bertz CT molecular complexity index is 233. The fourth-order valence-electron chi connectivity index (χ4n) is 2.09. The summed E-state index contributed by atoms with van der Waals surface area (Å²) >= 11 is 1.71. The van der Waals surface area contributed by atoms with E-state index in [0.29, 0.717) is 0 Å². The fraction of sp³-hybridized carbons (Fsp3) is 0.900. The Morgan fingerprint density at radius 2 is 1.87 bits per heavy atom. The molecule has 5 heteroatoms. The van der Waals surface area contributed by atoms with Crippen LogP contribution < -0.4 is 0 Å². The zero-order valence-electron chi connectivity index (χ0n) is 8.63. The van der Waals surface area contributed by atoms with E-state index in [1.165, 1.54) is 6.42 Å². The summed E-state index contributed by atoms with van der Waals surface area (Å²) in [7, 11) is 0. The van der Waals surface area contributed by atoms with Gasteiger partial charge >= 0.3 is 0 Å². The molecule has 2 saturated heterocycles. The number of hydrogen-bond acceptors (Lipinski definition) is 4. The quantitative estimate of drug-likeness (QED) is 0.658. The van der Waals surface area contributed by atoms with E-state index in [1.54, 1.807) is 16.7 Å². The van der Waals surface area contributed by atoms with Crippen LogP contribution in [-0.4, -0.2) is 57.3 Å². The number of rotatable bonds is 1. The SMILES string of the molecule is O=C(C1CCCCS1)N1CC(O)C(O)C1. The van der Waals surface area contributed by atoms with Crippen LogP contribution in [0.4, 0.5) is 0 Å². The molecule has 15 heavy (non-hydrogen) atoms. The second kappa shape index (κ2) is 4.72. The molecule has 2 heterocycles. The van der Waals surface area contributed by atoms with E-state index in [0.717, 1.165) is 18.6 Å². The van der Waals surface area contributed by atoms with Crippen molar-refractivity contribution in [1.82, 2.24) is 4.90 Å². The first-order valence-electron chi connectivity index (χ1n) is 5.45. The van der Waals surface area contributed by atoms with Gasteiger partial charge in [-0.25, -0.2) is 0 Å². The number of amides is 1. The third kappa shape index (κ3) is 2.46. The minimum atomic E-state index is -0.762. The van der Waals surface area contributed by atoms with Gasteiger partial charge in [-0.15, -0.1) is 11.8 Å². The molecule has 3 atom stereocenters. The summed E-state index contributed by atoms with van der Waals surface area (Å²) in [5, 5.41) is 18.8. The normalized spacial score (nSPS) is 36.9. The number of aliphatic hydroxyl groups is 2. The summed E-state index contributed by atoms with van der Waals surface area (Å²) in [6.45, 7) is 0.577. The summed E-state index contributed by atoms with van der Waals surface area (Å²) in [5.41, 5.74) is 0. The van der Waals surface area contributed by atoms with Crippen molar-refractivity contribution in [2.75, 3.05) is 18.8 Å². The van der Waals surface area contributed by atoms with Crippen molar-refractivity contribution in [2.24, 2.45) is 0 Å². The molecule has 2 aliphatic heterocycles. The van der Waals surface area contributed by atoms with Crippen molar-refractivity contribution in [3.05, 3.63) is 0 Å². The molecule has 1 amide bonds. The van der Waals surface area contributed by atoms with E-state index in [2.05, 4.69) is 0 Å². The number of hydrogen-bond donors (Lipinski definition) is 2. The Morgan fingerprint density at radius 3 is 2.40 bits per heavy atom. The maximum atomic E-state index is 12.0. The summed E-state index contributed by atoms with van der Waals surface area (Å²) in [6, 6.07) is 0. The summed E-state index contributed by atoms with van der Waals surface area (Å²) < 4.78 is 0. The first-order chi connectivity index (χ1) is 7.18. The molecule has 0 saturated carbocycles. The average molecular weight is 231 g/mol. The summed E-state index contributed by atoms with van der Waals surface area (Å²) in [6.07, 6.45) is 1.72. The first kappa shape index (κ1) is 11.2. The molecular weight excluding hydrogens is 214 g/mol. The highest BCUT2D eigenvalue weighted by molar-refractivity contribution is 8.00. The monoisotopic (exact) mass is 231 g/mol. The number of likely N-dealkylation sites (tertiary alicyclic amines) is 1. The third-order valence-electron chi connectivity index (χ3n) is 3.03. The van der Waals surface area contributed by atoms with Gasteiger partial charge in [0, 0.05) is 13.1 Å². The molecule has 0 aromatic heterocycles. The van der Waals surface area contributed by atoms with E-state index in [-0.39, 0.29) is 24.2 Å². The van der Waals surface area contributed by atoms with Crippen LogP contribution in [-0.2, 0) is 4.79 Å². The average Bonchev–Trinajstić information content (AvgIpc) is 2.59. The smallest absolute Gasteiger partial charge is 0.235 e. The number of carbonyl (C=O) groups excluding carboxylic acids is 1. The van der Waals surface area contributed by atoms with Gasteiger partial charge in [-0.2, -0.15) is 0 Å². The van der Waals surface area contributed by atoms with Crippen LogP contribution in [0.1, 0.15) is 19.3 Å². The topological polar surface area (TPSA) is 60.8 Å². The second-order valence-corrected chi connectivity index (χ2v) is 5.54. The van der Waals surface area contributed by atoms with Crippen molar-refractivity contribution in [2.45, 2.75) is 36.7 Å². The molecule has 0 spiro atoms. The number of carbonyl (C=O) groups is 1. The van der Waals surface area contributed by atoms with Gasteiger partial charge in [0.1, 0.15) is 0 Å². The van der Waals surface area contributed by atoms with Gasteiger partial charge in [0.25, 0.3) is 0 Å². The van der Waals surface area contributed by atoms with Crippen LogP contribution in [0.25, 0.3) is 0 Å². The maximum absolute atomic E-state index is 12.0. The Balaban J connectivity index is 1.90. The van der Waals surface area contributed by atoms with Crippen LogP contribution in [0.2, 0.25) is 0 Å². The third-order valence-corrected chi connectivity index (χ3v) is 4.39. The predicted octanol–water partition coefficient (Wildman–Crippen LogP) is -0.164. The molecule has 0 aromatic rings. The van der Waals surface area contributed by atoms with Crippen LogP contribution in [0, 0.1) is 0 Å². The highest BCUT2D eigenvalue weighted by atomic mass is 32.2. The summed E-state index contributed by atoms with van der Waals surface area (Å²) in [4.78, 5) is 13.6. The molecule has 2 fully saturated rings. The van der Waals surface area contributed by atoms with Crippen molar-refractivity contribution in [1.29, 1.82) is 0 Å². The fourth-order valence-corrected chi connectivity index (χ4v) is 3.37. The Kier molecular flexibility index (Phi) is 3.53. The minimum absolute atomic E-state index is 0.0521. The maximum Gasteiger partial charge on any atom is 0.235 e. The van der Waals surface area contributed by atoms with E-state index in [9.17, 15) is 15.0 Å². The van der Waals surface area contributed by atoms with Gasteiger partial charge < -0.3 is 15.1 Å². The Hall–Kier alpha value is -0.260. The largest absolute Gasteiger partial charge is 0.388 e. The number of β-amino-alcohol motifs (C(OH)–C–C–N with tert-alkyl or cyclic N) is 2. The molecule has 4 nitrogen and oxygen atoms in total. The van der Waals surface area contributed by atoms with E-state index in [1.807, 2.05) is 0 Å². The summed E-state index contributed by atoms with van der Waals surface area (Å²) in [5.74, 6) is 1.14. The van der Waals surface area contributed by atoms with Crippen LogP contribution in [0.5, 0.6) is 0 Å². The lowest BCUT2D eigenvalue weighted by molar-refractivity contribution is -0.130. The lowest BCUT2D eigenvalue weighted by Gasteiger charge is -2.25. The molecule has 0 radical (unpaired) electrons. The molecule has 3 unspecified atom stereocenters. The van der Waals surface area contributed by atoms with Gasteiger partial charge in [0.05, 0.1) is 17.5 Å². The molecule has 0 bridgehead atoms. The lowest BCUT2D eigenvalue weighted by Crippen LogP contribution is -2.38. The van der Waals surface area contributed by atoms with Gasteiger partial charge in [-0.3, -0.25) is 4.79 Å². The molecule has 0 aromatic carbocycles. The van der Waals surface area contributed by atoms with Gasteiger partial charge in [-0.1, -0.05) is 6.42 Å². The first-order valence-corrected chi connectivity index (χ1v) is 6.50. The molecule has 2 N–H and O–H groups in total. The molecule has 2 aliphatic rings. The predicted molar refractivity (Wildman–Crippen MR) is 58.7 cm³/mol. The van der Waals surface area contributed by atoms with Crippen LogP contribution >= 0.6 is 11.8 Å². The lowest BCUT2D eigenvalue weighted by atomic mass is 10.2. The second-order valence-electron chi connectivity index (χ2n) is 4.23. The van der Waals surface area contributed by atoms with Crippen LogP contribution in [0.3, 0.4) is 0 Å². The minimum Gasteiger partial charge on any atom is -0.388 e. The zero-order chi connectivity index (χ0) is 10.8. The zero-order valence-corrected chi connectivity index (χ0v) is 9.45. The van der Waals surface area contributed by atoms with Crippen molar-refractivity contribution >= 4 is 17.7 Å². The number of nitrogens with zero attached hydrogens (tertiary/aromatic N) is 1.